The number of nitrogens with zero attached hydrogens (tertiary/aromatic N) is 2. The van der Waals surface area contributed by atoms with Crippen LogP contribution in [0.1, 0.15) is 42.1 Å². The highest BCUT2D eigenvalue weighted by Crippen LogP contribution is 2.36. The molecule has 2 unspecified atom stereocenters. The van der Waals surface area contributed by atoms with Crippen molar-refractivity contribution in [2.75, 3.05) is 19.7 Å². The van der Waals surface area contributed by atoms with E-state index in [1.165, 1.54) is 17.3 Å². The van der Waals surface area contributed by atoms with Crippen LogP contribution in [0.2, 0.25) is 0 Å². The first-order chi connectivity index (χ1) is 12.8. The summed E-state index contributed by atoms with van der Waals surface area (Å²) >= 11 is 0. The van der Waals surface area contributed by atoms with Crippen LogP contribution in [0.15, 0.2) is 17.0 Å². The first kappa shape index (κ1) is 22.5. The largest absolute Gasteiger partial charge is 0.462 e. The molecule has 2 heterocycles. The lowest BCUT2D eigenvalue weighted by molar-refractivity contribution is -0.385. The molecule has 0 aliphatic carbocycles. The number of sulfonamides is 1. The Labute approximate surface area is 170 Å². The average molecular weight is 434 g/mol. The Morgan fingerprint density at radius 2 is 2.00 bits per heavy atom. The van der Waals surface area contributed by atoms with Crippen LogP contribution in [0, 0.1) is 17.0 Å². The fourth-order valence-electron chi connectivity index (χ4n) is 3.89. The molecule has 3 rings (SSSR count). The van der Waals surface area contributed by atoms with Crippen LogP contribution >= 0.6 is 12.4 Å². The van der Waals surface area contributed by atoms with Crippen LogP contribution in [0.3, 0.4) is 0 Å². The molecule has 2 bridgehead atoms. The maximum atomic E-state index is 13.3. The molecule has 0 aromatic heterocycles. The average Bonchev–Trinajstić information content (AvgIpc) is 2.88. The van der Waals surface area contributed by atoms with Gasteiger partial charge in [0.05, 0.1) is 22.0 Å². The van der Waals surface area contributed by atoms with Crippen LogP contribution in [-0.4, -0.2) is 55.4 Å². The number of benzene rings is 1. The van der Waals surface area contributed by atoms with E-state index in [1.54, 1.807) is 6.92 Å². The number of halogens is 1. The molecule has 0 radical (unpaired) electrons. The zero-order chi connectivity index (χ0) is 19.8. The molecule has 2 fully saturated rings. The van der Waals surface area contributed by atoms with Crippen LogP contribution in [-0.2, 0) is 14.8 Å². The van der Waals surface area contributed by atoms with Gasteiger partial charge in [-0.25, -0.2) is 13.2 Å². The summed E-state index contributed by atoms with van der Waals surface area (Å²) in [5.41, 5.74) is -0.401. The van der Waals surface area contributed by atoms with E-state index >= 15 is 0 Å². The van der Waals surface area contributed by atoms with Gasteiger partial charge < -0.3 is 10.1 Å². The molecule has 28 heavy (non-hydrogen) atoms. The molecule has 0 saturated carbocycles. The summed E-state index contributed by atoms with van der Waals surface area (Å²) in [6.07, 6.45) is 2.20. The molecular formula is C17H24ClN3O6S. The SMILES string of the molecule is CCOC(=O)c1cc(S(=O)(=O)N2C3CCNCC2CC3)cc([N+](=O)[O-])c1C.Cl. The Morgan fingerprint density at radius 3 is 2.64 bits per heavy atom. The first-order valence-electron chi connectivity index (χ1n) is 8.97. The van der Waals surface area contributed by atoms with Crippen LogP contribution in [0.5, 0.6) is 0 Å². The summed E-state index contributed by atoms with van der Waals surface area (Å²) in [4.78, 5) is 22.8. The number of carbonyl (C=O) groups excluding carboxylic acids is 1. The van der Waals surface area contributed by atoms with Crippen LogP contribution in [0.25, 0.3) is 0 Å². The third kappa shape index (κ3) is 4.00. The summed E-state index contributed by atoms with van der Waals surface area (Å²) in [5.74, 6) is -0.768. The summed E-state index contributed by atoms with van der Waals surface area (Å²) < 4.78 is 33.1. The van der Waals surface area contributed by atoms with Crippen molar-refractivity contribution in [3.63, 3.8) is 0 Å². The van der Waals surface area contributed by atoms with Gasteiger partial charge in [0.25, 0.3) is 5.69 Å². The Morgan fingerprint density at radius 1 is 1.32 bits per heavy atom. The highest BCUT2D eigenvalue weighted by Gasteiger charge is 2.43. The standard InChI is InChI=1S/C17H23N3O6S.ClH/c1-3-26-17(21)15-8-14(9-16(11(15)2)20(22)23)27(24,25)19-12-4-5-13(19)10-18-7-6-12;/h8-9,12-13,18H,3-7,10H2,1-2H3;1H. The van der Waals surface area contributed by atoms with Gasteiger partial charge in [-0.3, -0.25) is 10.1 Å². The van der Waals surface area contributed by atoms with Crippen molar-refractivity contribution in [3.05, 3.63) is 33.4 Å². The van der Waals surface area contributed by atoms with E-state index in [-0.39, 0.29) is 47.1 Å². The van der Waals surface area contributed by atoms with Gasteiger partial charge >= 0.3 is 5.97 Å². The molecule has 156 valence electrons. The molecule has 1 aromatic carbocycles. The van der Waals surface area contributed by atoms with Gasteiger partial charge in [-0.2, -0.15) is 4.31 Å². The molecule has 11 heteroatoms. The molecule has 2 aliphatic rings. The van der Waals surface area contributed by atoms with Gasteiger partial charge in [-0.1, -0.05) is 0 Å². The minimum Gasteiger partial charge on any atom is -0.462 e. The lowest BCUT2D eigenvalue weighted by atomic mass is 10.1. The van der Waals surface area contributed by atoms with E-state index in [1.807, 2.05) is 0 Å². The quantitative estimate of drug-likeness (QED) is 0.428. The predicted molar refractivity (Wildman–Crippen MR) is 104 cm³/mol. The normalized spacial score (nSPS) is 22.2. The summed E-state index contributed by atoms with van der Waals surface area (Å²) in [6.45, 7) is 4.40. The number of nitrogens with one attached hydrogen (secondary N) is 1. The third-order valence-electron chi connectivity index (χ3n) is 5.21. The van der Waals surface area contributed by atoms with E-state index in [0.717, 1.165) is 25.5 Å². The molecule has 0 amide bonds. The van der Waals surface area contributed by atoms with Crippen molar-refractivity contribution < 1.29 is 22.9 Å². The monoisotopic (exact) mass is 433 g/mol. The van der Waals surface area contributed by atoms with Crippen molar-refractivity contribution in [1.82, 2.24) is 9.62 Å². The van der Waals surface area contributed by atoms with E-state index in [9.17, 15) is 23.3 Å². The number of hydrogen-bond acceptors (Lipinski definition) is 7. The minimum atomic E-state index is -3.98. The Balaban J connectivity index is 0.00000280. The maximum Gasteiger partial charge on any atom is 0.338 e. The van der Waals surface area contributed by atoms with Gasteiger partial charge in [-0.05, 0) is 45.7 Å². The second-order valence-electron chi connectivity index (χ2n) is 6.81. The highest BCUT2D eigenvalue weighted by molar-refractivity contribution is 7.89. The fraction of sp³-hybridized carbons (Fsp3) is 0.588. The van der Waals surface area contributed by atoms with Gasteiger partial charge in [-0.15, -0.1) is 12.4 Å². The molecule has 2 atom stereocenters. The Bertz CT molecular complexity index is 862. The summed E-state index contributed by atoms with van der Waals surface area (Å²) in [7, 11) is -3.98. The molecule has 1 N–H and O–H groups in total. The lowest BCUT2D eigenvalue weighted by Gasteiger charge is -2.27. The predicted octanol–water partition coefficient (Wildman–Crippen LogP) is 2.02. The second-order valence-corrected chi connectivity index (χ2v) is 8.65. The molecule has 1 aromatic rings. The number of fused-ring (bicyclic) bond motifs is 2. The van der Waals surface area contributed by atoms with Crippen molar-refractivity contribution in [2.45, 2.75) is 50.1 Å². The van der Waals surface area contributed by atoms with Gasteiger partial charge in [0.2, 0.25) is 10.0 Å². The molecular weight excluding hydrogens is 410 g/mol. The fourth-order valence-corrected chi connectivity index (χ4v) is 5.83. The number of ether oxygens (including phenoxy) is 1. The smallest absolute Gasteiger partial charge is 0.338 e. The molecule has 0 spiro atoms. The first-order valence-corrected chi connectivity index (χ1v) is 10.4. The maximum absolute atomic E-state index is 13.3. The van der Waals surface area contributed by atoms with Crippen molar-refractivity contribution >= 4 is 34.1 Å². The minimum absolute atomic E-state index is 0. The van der Waals surface area contributed by atoms with Crippen molar-refractivity contribution in [3.8, 4) is 0 Å². The lowest BCUT2D eigenvalue weighted by Crippen LogP contribution is -2.42. The van der Waals surface area contributed by atoms with Crippen molar-refractivity contribution in [2.24, 2.45) is 0 Å². The van der Waals surface area contributed by atoms with E-state index < -0.39 is 26.6 Å². The van der Waals surface area contributed by atoms with Gasteiger partial charge in [0.15, 0.2) is 0 Å². The second kappa shape index (κ2) is 8.73. The molecule has 2 aliphatic heterocycles. The van der Waals surface area contributed by atoms with E-state index in [2.05, 4.69) is 5.32 Å². The van der Waals surface area contributed by atoms with Crippen molar-refractivity contribution in [1.29, 1.82) is 0 Å². The number of hydrogen-bond donors (Lipinski definition) is 1. The number of esters is 1. The molecule has 9 nitrogen and oxygen atoms in total. The van der Waals surface area contributed by atoms with E-state index in [4.69, 9.17) is 4.74 Å². The summed E-state index contributed by atoms with van der Waals surface area (Å²) in [5, 5.41) is 14.7. The van der Waals surface area contributed by atoms with E-state index in [0.29, 0.717) is 13.0 Å². The number of nitro benzene ring substituents is 1. The van der Waals surface area contributed by atoms with Crippen LogP contribution in [0.4, 0.5) is 5.69 Å². The number of rotatable bonds is 5. The van der Waals surface area contributed by atoms with Crippen LogP contribution < -0.4 is 5.32 Å². The highest BCUT2D eigenvalue weighted by atomic mass is 35.5. The van der Waals surface area contributed by atoms with Gasteiger partial charge in [0.1, 0.15) is 0 Å². The Kier molecular flexibility index (Phi) is 7.02. The zero-order valence-corrected chi connectivity index (χ0v) is 17.3. The molecule has 2 saturated heterocycles. The number of nitro groups is 1. The Hall–Kier alpha value is -1.75. The number of carbonyl (C=O) groups is 1. The summed E-state index contributed by atoms with van der Waals surface area (Å²) in [6, 6.07) is 1.92. The zero-order valence-electron chi connectivity index (χ0n) is 15.7. The van der Waals surface area contributed by atoms with Gasteiger partial charge in [0, 0.05) is 30.3 Å². The topological polar surface area (TPSA) is 119 Å². The third-order valence-corrected chi connectivity index (χ3v) is 7.19.